The lowest BCUT2D eigenvalue weighted by Gasteiger charge is -2.26. The first kappa shape index (κ1) is 13.9. The van der Waals surface area contributed by atoms with Crippen molar-refractivity contribution < 1.29 is 13.5 Å². The highest BCUT2D eigenvalue weighted by Gasteiger charge is 2.25. The van der Waals surface area contributed by atoms with Crippen LogP contribution in [0.3, 0.4) is 0 Å². The minimum absolute atomic E-state index is 0.0652. The summed E-state index contributed by atoms with van der Waals surface area (Å²) in [7, 11) is -3.47. The summed E-state index contributed by atoms with van der Waals surface area (Å²) in [6, 6.07) is 5.20. The Labute approximate surface area is 119 Å². The molecular formula is C14H20N2O3S. The van der Waals surface area contributed by atoms with E-state index in [1.165, 1.54) is 5.56 Å². The molecule has 0 amide bonds. The fourth-order valence-corrected chi connectivity index (χ4v) is 4.25. The molecule has 0 spiro atoms. The molecule has 2 aliphatic rings. The van der Waals surface area contributed by atoms with E-state index in [1.54, 1.807) is 12.1 Å². The van der Waals surface area contributed by atoms with Crippen LogP contribution in [0.4, 0.5) is 5.69 Å². The van der Waals surface area contributed by atoms with Crippen molar-refractivity contribution in [3.8, 4) is 0 Å². The summed E-state index contributed by atoms with van der Waals surface area (Å²) in [5.41, 5.74) is 2.09. The quantitative estimate of drug-likeness (QED) is 0.784. The number of benzene rings is 1. The number of fused-ring (bicyclic) bond motifs is 1. The van der Waals surface area contributed by atoms with Gasteiger partial charge in [-0.2, -0.15) is 0 Å². The number of nitrogens with one attached hydrogen (secondary N) is 2. The van der Waals surface area contributed by atoms with Gasteiger partial charge in [-0.3, -0.25) is 0 Å². The summed E-state index contributed by atoms with van der Waals surface area (Å²) in [6.07, 6.45) is 3.40. The number of hydrogen-bond donors (Lipinski definition) is 3. The Morgan fingerprint density at radius 3 is 2.70 bits per heavy atom. The van der Waals surface area contributed by atoms with Crippen molar-refractivity contribution in [1.82, 2.24) is 4.72 Å². The van der Waals surface area contributed by atoms with Crippen LogP contribution in [-0.4, -0.2) is 32.2 Å². The SMILES string of the molecule is O=S(=O)(NC1CCC(O)CC1)c1ccc2c(c1)NCC2. The van der Waals surface area contributed by atoms with Crippen LogP contribution in [0.15, 0.2) is 23.1 Å². The maximum atomic E-state index is 12.4. The van der Waals surface area contributed by atoms with E-state index in [2.05, 4.69) is 10.0 Å². The second-order valence-electron chi connectivity index (χ2n) is 5.62. The summed E-state index contributed by atoms with van der Waals surface area (Å²) in [6.45, 7) is 0.868. The zero-order valence-corrected chi connectivity index (χ0v) is 12.1. The number of anilines is 1. The van der Waals surface area contributed by atoms with Crippen LogP contribution in [0.5, 0.6) is 0 Å². The summed E-state index contributed by atoms with van der Waals surface area (Å²) >= 11 is 0. The van der Waals surface area contributed by atoms with Gasteiger partial charge < -0.3 is 10.4 Å². The fourth-order valence-electron chi connectivity index (χ4n) is 2.92. The van der Waals surface area contributed by atoms with Crippen LogP contribution >= 0.6 is 0 Å². The molecule has 1 aliphatic heterocycles. The molecule has 1 aliphatic carbocycles. The Morgan fingerprint density at radius 1 is 1.20 bits per heavy atom. The molecule has 110 valence electrons. The zero-order chi connectivity index (χ0) is 14.2. The molecule has 0 saturated heterocycles. The van der Waals surface area contributed by atoms with Gasteiger partial charge in [-0.15, -0.1) is 0 Å². The molecule has 3 rings (SSSR count). The number of hydrogen-bond acceptors (Lipinski definition) is 4. The van der Waals surface area contributed by atoms with Gasteiger partial charge in [-0.05, 0) is 49.8 Å². The summed E-state index contributed by atoms with van der Waals surface area (Å²) in [5, 5.41) is 12.7. The van der Waals surface area contributed by atoms with Crippen molar-refractivity contribution in [2.45, 2.75) is 49.1 Å². The molecule has 0 bridgehead atoms. The third-order valence-corrected chi connectivity index (χ3v) is 5.64. The lowest BCUT2D eigenvalue weighted by Crippen LogP contribution is -2.38. The molecule has 20 heavy (non-hydrogen) atoms. The van der Waals surface area contributed by atoms with Crippen LogP contribution in [0.25, 0.3) is 0 Å². The van der Waals surface area contributed by atoms with Gasteiger partial charge in [0.2, 0.25) is 10.0 Å². The largest absolute Gasteiger partial charge is 0.393 e. The predicted molar refractivity (Wildman–Crippen MR) is 77.2 cm³/mol. The lowest BCUT2D eigenvalue weighted by molar-refractivity contribution is 0.120. The highest BCUT2D eigenvalue weighted by Crippen LogP contribution is 2.26. The summed E-state index contributed by atoms with van der Waals surface area (Å²) in [4.78, 5) is 0.316. The molecule has 6 heteroatoms. The third kappa shape index (κ3) is 2.82. The number of rotatable bonds is 3. The molecule has 1 fully saturated rings. The van der Waals surface area contributed by atoms with Gasteiger partial charge in [0.15, 0.2) is 0 Å². The first-order chi connectivity index (χ1) is 9.54. The molecule has 3 N–H and O–H groups in total. The standard InChI is InChI=1S/C14H20N2O3S/c17-12-4-2-11(3-5-12)16-20(18,19)13-6-1-10-7-8-15-14(10)9-13/h1,6,9,11-12,15-17H,2-5,7-8H2. The van der Waals surface area contributed by atoms with E-state index < -0.39 is 10.0 Å². The van der Waals surface area contributed by atoms with E-state index >= 15 is 0 Å². The predicted octanol–water partition coefficient (Wildman–Crippen LogP) is 1.24. The first-order valence-electron chi connectivity index (χ1n) is 7.12. The molecule has 0 aromatic heterocycles. The Bertz CT molecular complexity index is 592. The Kier molecular flexibility index (Phi) is 3.70. The maximum absolute atomic E-state index is 12.4. The van der Waals surface area contributed by atoms with Gasteiger partial charge in [0, 0.05) is 18.3 Å². The molecule has 0 radical (unpaired) electrons. The van der Waals surface area contributed by atoms with Crippen LogP contribution in [0.1, 0.15) is 31.2 Å². The topological polar surface area (TPSA) is 78.4 Å². The van der Waals surface area contributed by atoms with Crippen molar-refractivity contribution in [2.24, 2.45) is 0 Å². The molecule has 0 unspecified atom stereocenters. The average molecular weight is 296 g/mol. The Morgan fingerprint density at radius 2 is 1.95 bits per heavy atom. The highest BCUT2D eigenvalue weighted by atomic mass is 32.2. The van der Waals surface area contributed by atoms with Gasteiger partial charge >= 0.3 is 0 Å². The lowest BCUT2D eigenvalue weighted by atomic mass is 9.94. The normalized spacial score (nSPS) is 26.1. The van der Waals surface area contributed by atoms with Crippen molar-refractivity contribution >= 4 is 15.7 Å². The van der Waals surface area contributed by atoms with Crippen LogP contribution in [0, 0.1) is 0 Å². The van der Waals surface area contributed by atoms with E-state index in [0.29, 0.717) is 30.6 Å². The second kappa shape index (κ2) is 5.35. The van der Waals surface area contributed by atoms with Gasteiger partial charge in [-0.25, -0.2) is 13.1 Å². The molecule has 1 aromatic carbocycles. The molecule has 0 atom stereocenters. The molecule has 1 saturated carbocycles. The van der Waals surface area contributed by atoms with Gasteiger partial charge in [-0.1, -0.05) is 6.07 Å². The summed E-state index contributed by atoms with van der Waals surface area (Å²) in [5.74, 6) is 0. The number of sulfonamides is 1. The van der Waals surface area contributed by atoms with E-state index in [1.807, 2.05) is 6.07 Å². The van der Waals surface area contributed by atoms with Gasteiger partial charge in [0.25, 0.3) is 0 Å². The minimum atomic E-state index is -3.47. The van der Waals surface area contributed by atoms with Crippen LogP contribution < -0.4 is 10.0 Å². The van der Waals surface area contributed by atoms with Crippen molar-refractivity contribution in [2.75, 3.05) is 11.9 Å². The molecule has 1 heterocycles. The smallest absolute Gasteiger partial charge is 0.240 e. The van der Waals surface area contributed by atoms with Crippen molar-refractivity contribution in [1.29, 1.82) is 0 Å². The second-order valence-corrected chi connectivity index (χ2v) is 7.34. The van der Waals surface area contributed by atoms with E-state index in [4.69, 9.17) is 0 Å². The van der Waals surface area contributed by atoms with Crippen LogP contribution in [0.2, 0.25) is 0 Å². The Hall–Kier alpha value is -1.11. The van der Waals surface area contributed by atoms with E-state index in [9.17, 15) is 13.5 Å². The fraction of sp³-hybridized carbons (Fsp3) is 0.571. The highest BCUT2D eigenvalue weighted by molar-refractivity contribution is 7.89. The first-order valence-corrected chi connectivity index (χ1v) is 8.60. The van der Waals surface area contributed by atoms with E-state index in [0.717, 1.165) is 18.7 Å². The number of aliphatic hydroxyl groups excluding tert-OH is 1. The maximum Gasteiger partial charge on any atom is 0.240 e. The Balaban J connectivity index is 1.75. The average Bonchev–Trinajstić information content (AvgIpc) is 2.88. The molecular weight excluding hydrogens is 276 g/mol. The number of aliphatic hydroxyl groups is 1. The zero-order valence-electron chi connectivity index (χ0n) is 11.3. The molecule has 1 aromatic rings. The molecule has 5 nitrogen and oxygen atoms in total. The van der Waals surface area contributed by atoms with Crippen LogP contribution in [-0.2, 0) is 16.4 Å². The monoisotopic (exact) mass is 296 g/mol. The third-order valence-electron chi connectivity index (χ3n) is 4.12. The summed E-state index contributed by atoms with van der Waals surface area (Å²) < 4.78 is 27.5. The van der Waals surface area contributed by atoms with Gasteiger partial charge in [0.1, 0.15) is 0 Å². The van der Waals surface area contributed by atoms with Crippen molar-refractivity contribution in [3.63, 3.8) is 0 Å². The minimum Gasteiger partial charge on any atom is -0.393 e. The van der Waals surface area contributed by atoms with Crippen molar-refractivity contribution in [3.05, 3.63) is 23.8 Å². The van der Waals surface area contributed by atoms with E-state index in [-0.39, 0.29) is 12.1 Å². The van der Waals surface area contributed by atoms with Gasteiger partial charge in [0.05, 0.1) is 11.0 Å².